The summed E-state index contributed by atoms with van der Waals surface area (Å²) in [6, 6.07) is 0. The topological polar surface area (TPSA) is 117 Å². The number of phosphoric ester groups is 1. The van der Waals surface area contributed by atoms with E-state index in [-0.39, 0.29) is 32.8 Å². The first-order valence-electron chi connectivity index (χ1n) is 17.9. The molecule has 0 aromatic rings. The number of hydrogen-bond acceptors (Lipinski definition) is 7. The van der Waals surface area contributed by atoms with Gasteiger partial charge in [0, 0.05) is 19.6 Å². The molecule has 0 aromatic heterocycles. The van der Waals surface area contributed by atoms with Crippen molar-refractivity contribution in [3.63, 3.8) is 0 Å². The van der Waals surface area contributed by atoms with Gasteiger partial charge in [-0.1, -0.05) is 125 Å². The van der Waals surface area contributed by atoms with E-state index in [0.29, 0.717) is 13.0 Å². The highest BCUT2D eigenvalue weighted by molar-refractivity contribution is 7.47. The predicted molar refractivity (Wildman–Crippen MR) is 196 cm³/mol. The van der Waals surface area contributed by atoms with Gasteiger partial charge in [-0.3, -0.25) is 13.8 Å². The van der Waals surface area contributed by atoms with Gasteiger partial charge in [-0.2, -0.15) is 0 Å². The Hall–Kier alpha value is -2.06. The Morgan fingerprint density at radius 2 is 1.19 bits per heavy atom. The highest BCUT2D eigenvalue weighted by Crippen LogP contribution is 2.43. The van der Waals surface area contributed by atoms with Crippen LogP contribution in [0.3, 0.4) is 0 Å². The van der Waals surface area contributed by atoms with E-state index in [1.807, 2.05) is 12.2 Å². The summed E-state index contributed by atoms with van der Waals surface area (Å²) in [7, 11) is -4.29. The van der Waals surface area contributed by atoms with Crippen molar-refractivity contribution in [2.24, 2.45) is 5.73 Å². The Bertz CT molecular complexity index is 942. The molecular formula is C38H66NO7P. The van der Waals surface area contributed by atoms with E-state index in [4.69, 9.17) is 24.3 Å². The third-order valence-corrected chi connectivity index (χ3v) is 7.86. The van der Waals surface area contributed by atoms with Crippen LogP contribution in [0.25, 0.3) is 0 Å². The lowest BCUT2D eigenvalue weighted by molar-refractivity contribution is -0.154. The summed E-state index contributed by atoms with van der Waals surface area (Å²) in [5.41, 5.74) is 5.34. The Balaban J connectivity index is 4.26. The summed E-state index contributed by atoms with van der Waals surface area (Å²) in [6.07, 6.45) is 42.2. The van der Waals surface area contributed by atoms with Crippen molar-refractivity contribution in [2.45, 2.75) is 129 Å². The molecule has 0 bridgehead atoms. The lowest BCUT2D eigenvalue weighted by Gasteiger charge is -2.19. The summed E-state index contributed by atoms with van der Waals surface area (Å²) >= 11 is 0. The van der Waals surface area contributed by atoms with E-state index < -0.39 is 19.9 Å². The number of hydrogen-bond donors (Lipinski definition) is 2. The molecule has 2 atom stereocenters. The monoisotopic (exact) mass is 679 g/mol. The highest BCUT2D eigenvalue weighted by Gasteiger charge is 2.25. The second kappa shape index (κ2) is 35.3. The zero-order chi connectivity index (χ0) is 34.5. The maximum atomic E-state index is 12.5. The smallest absolute Gasteiger partial charge is 0.457 e. The number of carbonyl (C=O) groups is 1. The molecule has 0 saturated carbocycles. The molecule has 270 valence electrons. The lowest BCUT2D eigenvalue weighted by Crippen LogP contribution is -2.28. The molecule has 0 fully saturated rings. The van der Waals surface area contributed by atoms with Crippen molar-refractivity contribution in [2.75, 3.05) is 33.0 Å². The van der Waals surface area contributed by atoms with Crippen LogP contribution in [-0.4, -0.2) is 49.9 Å². The molecule has 0 rings (SSSR count). The summed E-state index contributed by atoms with van der Waals surface area (Å²) in [6.45, 7) is 4.60. The average molecular weight is 680 g/mol. The van der Waals surface area contributed by atoms with Crippen LogP contribution in [0.4, 0.5) is 0 Å². The largest absolute Gasteiger partial charge is 0.472 e. The quantitative estimate of drug-likeness (QED) is 0.0305. The van der Waals surface area contributed by atoms with Gasteiger partial charge in [0.1, 0.15) is 6.10 Å². The number of ether oxygens (including phenoxy) is 2. The average Bonchev–Trinajstić information content (AvgIpc) is 3.06. The van der Waals surface area contributed by atoms with Gasteiger partial charge in [-0.25, -0.2) is 4.57 Å². The normalized spacial score (nSPS) is 14.6. The second-order valence-corrected chi connectivity index (χ2v) is 12.8. The predicted octanol–water partition coefficient (Wildman–Crippen LogP) is 10.0. The molecule has 8 nitrogen and oxygen atoms in total. The summed E-state index contributed by atoms with van der Waals surface area (Å²) in [5.74, 6) is -0.418. The lowest BCUT2D eigenvalue weighted by atomic mass is 10.1. The van der Waals surface area contributed by atoms with E-state index in [1.54, 1.807) is 0 Å². The number of phosphoric acid groups is 1. The molecular weight excluding hydrogens is 613 g/mol. The first-order chi connectivity index (χ1) is 22.9. The third kappa shape index (κ3) is 35.1. The van der Waals surface area contributed by atoms with Gasteiger partial charge >= 0.3 is 13.8 Å². The van der Waals surface area contributed by atoms with Crippen LogP contribution in [0.15, 0.2) is 72.9 Å². The van der Waals surface area contributed by atoms with Crippen molar-refractivity contribution in [3.05, 3.63) is 72.9 Å². The van der Waals surface area contributed by atoms with Gasteiger partial charge in [0.25, 0.3) is 0 Å². The first-order valence-corrected chi connectivity index (χ1v) is 19.4. The summed E-state index contributed by atoms with van der Waals surface area (Å²) < 4.78 is 33.1. The molecule has 0 radical (unpaired) electrons. The fourth-order valence-electron chi connectivity index (χ4n) is 4.26. The minimum Gasteiger partial charge on any atom is -0.457 e. The number of rotatable bonds is 33. The van der Waals surface area contributed by atoms with Crippen LogP contribution in [0.1, 0.15) is 123 Å². The van der Waals surface area contributed by atoms with Crippen molar-refractivity contribution in [1.82, 2.24) is 0 Å². The Morgan fingerprint density at radius 1 is 0.660 bits per heavy atom. The number of esters is 1. The molecule has 2 unspecified atom stereocenters. The maximum Gasteiger partial charge on any atom is 0.472 e. The van der Waals surface area contributed by atoms with E-state index >= 15 is 0 Å². The zero-order valence-corrected chi connectivity index (χ0v) is 30.4. The van der Waals surface area contributed by atoms with Crippen LogP contribution in [0.5, 0.6) is 0 Å². The summed E-state index contributed by atoms with van der Waals surface area (Å²) in [4.78, 5) is 22.3. The minimum atomic E-state index is -4.29. The van der Waals surface area contributed by atoms with Crippen molar-refractivity contribution < 1.29 is 32.8 Å². The van der Waals surface area contributed by atoms with Gasteiger partial charge in [-0.05, 0) is 64.2 Å². The molecule has 0 spiro atoms. The van der Waals surface area contributed by atoms with E-state index in [0.717, 1.165) is 57.8 Å². The molecule has 0 aromatic carbocycles. The molecule has 3 N–H and O–H groups in total. The first kappa shape index (κ1) is 44.9. The van der Waals surface area contributed by atoms with Gasteiger partial charge in [0.05, 0.1) is 19.8 Å². The highest BCUT2D eigenvalue weighted by atomic mass is 31.2. The van der Waals surface area contributed by atoms with Crippen molar-refractivity contribution in [1.29, 1.82) is 0 Å². The molecule has 0 saturated heterocycles. The van der Waals surface area contributed by atoms with Crippen LogP contribution in [-0.2, 0) is 27.9 Å². The Labute approximate surface area is 286 Å². The Morgan fingerprint density at radius 3 is 1.79 bits per heavy atom. The number of allylic oxidation sites excluding steroid dienone is 12. The second-order valence-electron chi connectivity index (χ2n) is 11.3. The Kier molecular flexibility index (Phi) is 33.7. The van der Waals surface area contributed by atoms with E-state index in [1.165, 1.54) is 38.5 Å². The SMILES string of the molecule is CC/C=C\C/C=C\C/C=C\C/C=C\CCC(=O)OC(COCCCCCCCC/C=C\C/C=C\CCCC)COP(=O)(O)OCCN. The molecule has 47 heavy (non-hydrogen) atoms. The van der Waals surface area contributed by atoms with Gasteiger partial charge in [0.2, 0.25) is 0 Å². The van der Waals surface area contributed by atoms with Crippen LogP contribution in [0, 0.1) is 0 Å². The van der Waals surface area contributed by atoms with Crippen LogP contribution in [0.2, 0.25) is 0 Å². The molecule has 0 aliphatic carbocycles. The van der Waals surface area contributed by atoms with Crippen molar-refractivity contribution in [3.8, 4) is 0 Å². The van der Waals surface area contributed by atoms with E-state index in [2.05, 4.69) is 74.6 Å². The zero-order valence-electron chi connectivity index (χ0n) is 29.5. The maximum absolute atomic E-state index is 12.5. The molecule has 0 heterocycles. The minimum absolute atomic E-state index is 0.0761. The third-order valence-electron chi connectivity index (χ3n) is 6.87. The number of nitrogens with two attached hydrogens (primary N) is 1. The van der Waals surface area contributed by atoms with Crippen LogP contribution >= 0.6 is 7.82 Å². The van der Waals surface area contributed by atoms with Gasteiger partial charge in [0.15, 0.2) is 0 Å². The number of unbranched alkanes of at least 4 members (excludes halogenated alkanes) is 8. The van der Waals surface area contributed by atoms with E-state index in [9.17, 15) is 14.3 Å². The number of carbonyl (C=O) groups excluding carboxylic acids is 1. The standard InChI is InChI=1S/C38H66NO7P/c1-3-5-7-9-11-13-15-17-18-20-22-24-26-28-30-33-43-35-37(36-45-47(41,42)44-34-32-39)46-38(40)31-29-27-25-23-21-19-16-14-12-10-8-6-4-2/h6,8-9,11-12,14-15,17,19,21,25,27,37H,3-5,7,10,13,16,18,20,22-24,26,28-36,39H2,1-2H3,(H,41,42)/b8-6-,11-9-,14-12-,17-15-,21-19-,27-25-. The molecule has 9 heteroatoms. The van der Waals surface area contributed by atoms with Gasteiger partial charge in [-0.15, -0.1) is 0 Å². The molecule has 0 amide bonds. The van der Waals surface area contributed by atoms with Crippen LogP contribution < -0.4 is 5.73 Å². The van der Waals surface area contributed by atoms with Crippen molar-refractivity contribution >= 4 is 13.8 Å². The fourth-order valence-corrected chi connectivity index (χ4v) is 5.02. The van der Waals surface area contributed by atoms with Gasteiger partial charge < -0.3 is 20.1 Å². The molecule has 0 aliphatic heterocycles. The fraction of sp³-hybridized carbons (Fsp3) is 0.658. The molecule has 0 aliphatic rings. The summed E-state index contributed by atoms with van der Waals surface area (Å²) in [5, 5.41) is 0.